The molecule has 0 radical (unpaired) electrons. The van der Waals surface area contributed by atoms with Crippen LogP contribution < -0.4 is 0 Å². The molecule has 1 aliphatic rings. The minimum atomic E-state index is -1.12. The molecule has 0 aromatic carbocycles. The second-order valence-electron chi connectivity index (χ2n) is 9.20. The Balaban J connectivity index is 1.77. The monoisotopic (exact) mass is 405 g/mol. The average Bonchev–Trinajstić information content (AvgIpc) is 3.31. The molecule has 3 rings (SSSR count). The van der Waals surface area contributed by atoms with Crippen LogP contribution in [0.15, 0.2) is 18.3 Å². The lowest BCUT2D eigenvalue weighted by Crippen LogP contribution is -2.27. The van der Waals surface area contributed by atoms with Crippen LogP contribution in [0.25, 0.3) is 5.65 Å². The Morgan fingerprint density at radius 1 is 1.29 bits per heavy atom. The van der Waals surface area contributed by atoms with Crippen LogP contribution in [0.5, 0.6) is 0 Å². The van der Waals surface area contributed by atoms with E-state index in [0.717, 1.165) is 24.4 Å². The summed E-state index contributed by atoms with van der Waals surface area (Å²) < 4.78 is 18.6. The first-order valence-electron chi connectivity index (χ1n) is 9.76. The molecule has 0 bridgehead atoms. The first-order valence-corrected chi connectivity index (χ1v) is 13.5. The normalized spacial score (nSPS) is 16.4. The summed E-state index contributed by atoms with van der Waals surface area (Å²) in [5.41, 5.74) is 0.328. The smallest absolute Gasteiger partial charge is 0.319 e. The van der Waals surface area contributed by atoms with Gasteiger partial charge in [0.1, 0.15) is 12.2 Å². The Hall–Kier alpha value is -1.77. The number of carbonyl (C=O) groups excluding carboxylic acids is 1. The van der Waals surface area contributed by atoms with Crippen LogP contribution in [-0.4, -0.2) is 49.2 Å². The third kappa shape index (κ3) is 4.13. The van der Waals surface area contributed by atoms with Gasteiger partial charge in [0.15, 0.2) is 11.5 Å². The molecule has 0 unspecified atom stereocenters. The molecule has 2 aromatic heterocycles. The number of hydrogen-bond donors (Lipinski definition) is 0. The number of esters is 1. The van der Waals surface area contributed by atoms with Gasteiger partial charge >= 0.3 is 5.97 Å². The number of carbonyl (C=O) groups is 1. The zero-order valence-electron chi connectivity index (χ0n) is 17.7. The molecule has 0 aliphatic heterocycles. The number of aromatic nitrogens is 3. The highest BCUT2D eigenvalue weighted by Crippen LogP contribution is 2.48. The van der Waals surface area contributed by atoms with Crippen molar-refractivity contribution in [3.63, 3.8) is 0 Å². The van der Waals surface area contributed by atoms with Gasteiger partial charge in [0.05, 0.1) is 12.7 Å². The minimum absolute atomic E-state index is 0.228. The van der Waals surface area contributed by atoms with Crippen LogP contribution in [0.1, 0.15) is 38.1 Å². The molecule has 1 fully saturated rings. The van der Waals surface area contributed by atoms with Gasteiger partial charge < -0.3 is 14.2 Å². The number of hydrogen-bond acceptors (Lipinski definition) is 6. The average molecular weight is 406 g/mol. The summed E-state index contributed by atoms with van der Waals surface area (Å²) in [7, 11) is 0.298. The minimum Gasteiger partial charge on any atom is -0.468 e. The first kappa shape index (κ1) is 20.9. The van der Waals surface area contributed by atoms with Crippen molar-refractivity contribution < 1.29 is 19.0 Å². The first-order chi connectivity index (χ1) is 13.1. The highest BCUT2D eigenvalue weighted by molar-refractivity contribution is 6.76. The predicted octanol–water partition coefficient (Wildman–Crippen LogP) is 3.50. The lowest BCUT2D eigenvalue weighted by Gasteiger charge is -2.26. The van der Waals surface area contributed by atoms with E-state index in [-0.39, 0.29) is 12.8 Å². The lowest BCUT2D eigenvalue weighted by molar-refractivity contribution is -0.143. The van der Waals surface area contributed by atoms with Crippen LogP contribution >= 0.6 is 0 Å². The summed E-state index contributed by atoms with van der Waals surface area (Å²) in [6.45, 7) is 11.9. The molecule has 0 saturated heterocycles. The fourth-order valence-corrected chi connectivity index (χ4v) is 4.01. The van der Waals surface area contributed by atoms with E-state index >= 15 is 0 Å². The maximum Gasteiger partial charge on any atom is 0.319 e. The Bertz CT molecular complexity index is 853. The summed E-state index contributed by atoms with van der Waals surface area (Å²) in [4.78, 5) is 12.3. The van der Waals surface area contributed by atoms with Gasteiger partial charge in [-0.2, -0.15) is 0 Å². The van der Waals surface area contributed by atoms with Crippen molar-refractivity contribution in [1.82, 2.24) is 14.6 Å². The van der Waals surface area contributed by atoms with E-state index in [1.807, 2.05) is 36.6 Å². The third-order valence-corrected chi connectivity index (χ3v) is 7.04. The summed E-state index contributed by atoms with van der Waals surface area (Å²) in [6, 6.07) is 5.02. The molecule has 0 amide bonds. The van der Waals surface area contributed by atoms with Gasteiger partial charge in [0, 0.05) is 26.4 Å². The van der Waals surface area contributed by atoms with Crippen LogP contribution in [0.2, 0.25) is 25.7 Å². The van der Waals surface area contributed by atoms with E-state index in [1.54, 1.807) is 0 Å². The number of rotatable bonds is 9. The van der Waals surface area contributed by atoms with Crippen molar-refractivity contribution in [3.05, 3.63) is 29.7 Å². The number of fused-ring (bicyclic) bond motifs is 1. The predicted molar refractivity (Wildman–Crippen MR) is 109 cm³/mol. The topological polar surface area (TPSA) is 75.0 Å². The zero-order chi connectivity index (χ0) is 20.6. The van der Waals surface area contributed by atoms with E-state index < -0.39 is 19.1 Å². The SMILES string of the molecule is COC(=O)C1(c2nnc3c(C(C)(C)OCOCC[Si](C)(C)C)cccn23)CC1. The van der Waals surface area contributed by atoms with Crippen LogP contribution in [0.4, 0.5) is 0 Å². The molecule has 7 nitrogen and oxygen atoms in total. The van der Waals surface area contributed by atoms with Gasteiger partial charge in [-0.05, 0) is 38.8 Å². The molecule has 154 valence electrons. The molecule has 0 spiro atoms. The maximum absolute atomic E-state index is 12.3. The lowest BCUT2D eigenvalue weighted by atomic mass is 9.99. The van der Waals surface area contributed by atoms with Crippen molar-refractivity contribution >= 4 is 19.7 Å². The summed E-state index contributed by atoms with van der Waals surface area (Å²) >= 11 is 0. The van der Waals surface area contributed by atoms with Gasteiger partial charge in [-0.3, -0.25) is 9.20 Å². The highest BCUT2D eigenvalue weighted by atomic mass is 28.3. The molecule has 2 aromatic rings. The van der Waals surface area contributed by atoms with Crippen molar-refractivity contribution in [2.45, 2.75) is 63.4 Å². The van der Waals surface area contributed by atoms with Gasteiger partial charge in [-0.25, -0.2) is 0 Å². The maximum atomic E-state index is 12.3. The number of ether oxygens (including phenoxy) is 3. The van der Waals surface area contributed by atoms with Crippen molar-refractivity contribution in [1.29, 1.82) is 0 Å². The second kappa shape index (κ2) is 7.57. The Morgan fingerprint density at radius 3 is 2.61 bits per heavy atom. The molecule has 1 aliphatic carbocycles. The van der Waals surface area contributed by atoms with Crippen molar-refractivity contribution in [3.8, 4) is 0 Å². The molecule has 28 heavy (non-hydrogen) atoms. The fraction of sp³-hybridized carbons (Fsp3) is 0.650. The van der Waals surface area contributed by atoms with Crippen LogP contribution in [0, 0.1) is 0 Å². The van der Waals surface area contributed by atoms with E-state index in [0.29, 0.717) is 18.1 Å². The molecule has 0 atom stereocenters. The van der Waals surface area contributed by atoms with E-state index in [2.05, 4.69) is 29.8 Å². The Labute approximate surface area is 167 Å². The Kier molecular flexibility index (Phi) is 5.66. The molecule has 8 heteroatoms. The zero-order valence-corrected chi connectivity index (χ0v) is 18.7. The van der Waals surface area contributed by atoms with Crippen LogP contribution in [-0.2, 0) is 30.0 Å². The number of nitrogens with zero attached hydrogens (tertiary/aromatic N) is 3. The van der Waals surface area contributed by atoms with E-state index in [4.69, 9.17) is 14.2 Å². The molecule has 2 heterocycles. The van der Waals surface area contributed by atoms with E-state index in [9.17, 15) is 4.79 Å². The summed E-state index contributed by atoms with van der Waals surface area (Å²) in [5.74, 6) is 0.386. The largest absolute Gasteiger partial charge is 0.468 e. The van der Waals surface area contributed by atoms with Gasteiger partial charge in [0.2, 0.25) is 0 Å². The van der Waals surface area contributed by atoms with Crippen LogP contribution in [0.3, 0.4) is 0 Å². The number of methoxy groups -OCH3 is 1. The Morgan fingerprint density at radius 2 is 2.00 bits per heavy atom. The van der Waals surface area contributed by atoms with E-state index in [1.165, 1.54) is 7.11 Å². The quantitative estimate of drug-likeness (QED) is 0.275. The molecular formula is C20H31N3O4Si. The van der Waals surface area contributed by atoms with Crippen molar-refractivity contribution in [2.75, 3.05) is 20.5 Å². The third-order valence-electron chi connectivity index (χ3n) is 5.34. The van der Waals surface area contributed by atoms with Gasteiger partial charge in [-0.1, -0.05) is 25.7 Å². The van der Waals surface area contributed by atoms with Crippen molar-refractivity contribution in [2.24, 2.45) is 0 Å². The molecule has 0 N–H and O–H groups in total. The number of pyridine rings is 1. The summed E-state index contributed by atoms with van der Waals surface area (Å²) in [5, 5.41) is 8.71. The van der Waals surface area contributed by atoms with Gasteiger partial charge in [-0.15, -0.1) is 10.2 Å². The second-order valence-corrected chi connectivity index (χ2v) is 14.8. The highest BCUT2D eigenvalue weighted by Gasteiger charge is 2.56. The molecular weight excluding hydrogens is 374 g/mol. The fourth-order valence-electron chi connectivity index (χ4n) is 3.26. The summed E-state index contributed by atoms with van der Waals surface area (Å²) in [6.07, 6.45) is 3.35. The standard InChI is InChI=1S/C20H31N3O4Si/c1-19(2,27-14-26-12-13-28(4,5)6)15-8-7-11-23-16(15)21-22-17(23)20(9-10-20)18(24)25-3/h7-8,11H,9-10,12-14H2,1-6H3. The van der Waals surface area contributed by atoms with Gasteiger partial charge in [0.25, 0.3) is 0 Å². The molecule has 1 saturated carbocycles.